The topological polar surface area (TPSA) is 230 Å². The van der Waals surface area contributed by atoms with Crippen LogP contribution in [0.3, 0.4) is 0 Å². The standard InChI is InChI=1S/CH2O3.3Ca.2H3O4P/c2-1(3)4;;;;2*1-5(2,3)4/h(H2,2,3,4);;;;2*(H3,1,2,3,4)/q;3*+2;;/p-6. The number of carbonyl (C=O) groups is 1. The largest absolute Gasteiger partial charge is 2.00 e. The van der Waals surface area contributed by atoms with Gasteiger partial charge in [-0.05, 0) is 0 Å². The van der Waals surface area contributed by atoms with Gasteiger partial charge in [-0.3, -0.25) is 0 Å². The van der Waals surface area contributed by atoms with Crippen molar-refractivity contribution in [3.05, 3.63) is 0 Å². The normalized spacial score (nSPS) is 8.35. The van der Waals surface area contributed by atoms with Crippen LogP contribution in [0, 0.1) is 0 Å². The van der Waals surface area contributed by atoms with Gasteiger partial charge in [-0.25, -0.2) is 4.79 Å². The molecule has 0 aliphatic heterocycles. The number of phosphoric acid groups is 2. The number of rotatable bonds is 0. The minimum atomic E-state index is -5.39. The van der Waals surface area contributed by atoms with E-state index < -0.39 is 21.8 Å². The fourth-order valence-corrected chi connectivity index (χ4v) is 0. The third-order valence-corrected chi connectivity index (χ3v) is 0. The van der Waals surface area contributed by atoms with E-state index in [9.17, 15) is 0 Å². The van der Waals surface area contributed by atoms with Crippen molar-refractivity contribution in [3.63, 3.8) is 0 Å². The molecule has 11 nitrogen and oxygen atoms in total. The van der Waals surface area contributed by atoms with E-state index in [1.807, 2.05) is 0 Å². The van der Waals surface area contributed by atoms with Crippen molar-refractivity contribution in [1.82, 2.24) is 0 Å². The van der Waals surface area contributed by atoms with Crippen LogP contribution in [0.1, 0.15) is 0 Å². The quantitative estimate of drug-likeness (QED) is 0.300. The molecule has 0 saturated carbocycles. The van der Waals surface area contributed by atoms with Crippen molar-refractivity contribution in [1.29, 1.82) is 0 Å². The molecular formula is CH2Ca3O11P2. The predicted octanol–water partition coefficient (Wildman–Crippen LogP) is -6.57. The zero-order valence-electron chi connectivity index (χ0n) is 8.08. The second kappa shape index (κ2) is 19.3. The fourth-order valence-electron chi connectivity index (χ4n) is 0. The van der Waals surface area contributed by atoms with E-state index in [2.05, 4.69) is 0 Å². The summed E-state index contributed by atoms with van der Waals surface area (Å²) in [6.07, 6.45) is -1.83. The Labute approximate surface area is 185 Å². The van der Waals surface area contributed by atoms with Crippen LogP contribution in [0.2, 0.25) is 0 Å². The maximum Gasteiger partial charge on any atom is 2.00 e. The first kappa shape index (κ1) is 37.0. The molecule has 0 aliphatic rings. The number of carboxylic acid groups (broad SMARTS) is 2. The van der Waals surface area contributed by atoms with E-state index in [1.165, 1.54) is 0 Å². The SMILES string of the molecule is O=C(O)O.O=P([O-])([O-])[O-].O=P([O-])([O-])[O-].[Ca+2].[Ca+2].[Ca+2]. The van der Waals surface area contributed by atoms with Gasteiger partial charge in [-0.2, -0.15) is 15.6 Å². The molecule has 0 unspecified atom stereocenters. The first-order valence-electron chi connectivity index (χ1n) is 2.11. The van der Waals surface area contributed by atoms with Gasteiger partial charge < -0.3 is 48.7 Å². The number of hydrogen-bond donors (Lipinski definition) is 2. The van der Waals surface area contributed by atoms with E-state index in [-0.39, 0.29) is 113 Å². The molecule has 17 heavy (non-hydrogen) atoms. The van der Waals surface area contributed by atoms with Crippen molar-refractivity contribution in [2.45, 2.75) is 0 Å². The molecule has 0 aromatic rings. The van der Waals surface area contributed by atoms with E-state index in [4.69, 9.17) is 53.5 Å². The van der Waals surface area contributed by atoms with Gasteiger partial charge in [0.2, 0.25) is 0 Å². The van der Waals surface area contributed by atoms with Crippen LogP contribution in [-0.4, -0.2) is 130 Å². The molecule has 0 aliphatic carbocycles. The second-order valence-electron chi connectivity index (χ2n) is 1.18. The van der Waals surface area contributed by atoms with Crippen LogP contribution >= 0.6 is 15.6 Å². The van der Waals surface area contributed by atoms with Gasteiger partial charge in [0.05, 0.1) is 0 Å². The van der Waals surface area contributed by atoms with Crippen LogP contribution in [0.15, 0.2) is 0 Å². The molecule has 0 fully saturated rings. The van der Waals surface area contributed by atoms with Gasteiger partial charge in [0.25, 0.3) is 0 Å². The summed E-state index contributed by atoms with van der Waals surface area (Å²) < 4.78 is 17.1. The van der Waals surface area contributed by atoms with Crippen molar-refractivity contribution in [3.8, 4) is 0 Å². The smallest absolute Gasteiger partial charge is 0.822 e. The zero-order chi connectivity index (χ0) is 12.6. The predicted molar refractivity (Wildman–Crippen MR) is 43.1 cm³/mol. The van der Waals surface area contributed by atoms with Crippen molar-refractivity contribution < 1.29 is 53.5 Å². The van der Waals surface area contributed by atoms with Gasteiger partial charge in [-0.15, -0.1) is 0 Å². The average molecular weight is 372 g/mol. The van der Waals surface area contributed by atoms with Crippen LogP contribution in [-0.2, 0) is 9.13 Å². The van der Waals surface area contributed by atoms with E-state index >= 15 is 0 Å². The van der Waals surface area contributed by atoms with Gasteiger partial charge >= 0.3 is 119 Å². The second-order valence-corrected chi connectivity index (χ2v) is 2.97. The van der Waals surface area contributed by atoms with Gasteiger partial charge in [0.15, 0.2) is 0 Å². The Morgan fingerprint density at radius 2 is 0.706 bits per heavy atom. The first-order chi connectivity index (χ1) is 5.73. The molecule has 0 amide bonds. The average Bonchev–Trinajstić information content (AvgIpc) is 1.45. The first-order valence-corrected chi connectivity index (χ1v) is 5.03. The molecule has 0 bridgehead atoms. The van der Waals surface area contributed by atoms with E-state index in [0.717, 1.165) is 0 Å². The molecule has 0 rings (SSSR count). The molecule has 0 heterocycles. The van der Waals surface area contributed by atoms with Crippen LogP contribution in [0.5, 0.6) is 0 Å². The fraction of sp³-hybridized carbons (Fsp3) is 0. The summed E-state index contributed by atoms with van der Waals surface area (Å²) in [7, 11) is -10.8. The van der Waals surface area contributed by atoms with Crippen molar-refractivity contribution >= 4 is 135 Å². The van der Waals surface area contributed by atoms with Gasteiger partial charge in [0.1, 0.15) is 0 Å². The Kier molecular flexibility index (Phi) is 41.9. The number of hydrogen-bond acceptors (Lipinski definition) is 9. The maximum atomic E-state index is 8.56. The minimum absolute atomic E-state index is 0. The summed E-state index contributed by atoms with van der Waals surface area (Å²) in [6.45, 7) is 0. The van der Waals surface area contributed by atoms with Gasteiger partial charge in [-0.1, -0.05) is 0 Å². The van der Waals surface area contributed by atoms with Crippen molar-refractivity contribution in [2.24, 2.45) is 0 Å². The van der Waals surface area contributed by atoms with Gasteiger partial charge in [0, 0.05) is 0 Å². The molecule has 0 radical (unpaired) electrons. The van der Waals surface area contributed by atoms with Crippen LogP contribution in [0.4, 0.5) is 4.79 Å². The summed E-state index contributed by atoms with van der Waals surface area (Å²) in [5, 5.41) is 13.9. The molecule has 0 saturated heterocycles. The molecule has 16 heteroatoms. The Balaban J connectivity index is -0.0000000247. The third kappa shape index (κ3) is 538. The summed E-state index contributed by atoms with van der Waals surface area (Å²) in [6, 6.07) is 0. The Hall–Kier alpha value is 3.27. The molecule has 0 aromatic carbocycles. The molecule has 88 valence electrons. The molecule has 0 atom stereocenters. The minimum Gasteiger partial charge on any atom is -0.822 e. The van der Waals surface area contributed by atoms with Crippen LogP contribution in [0.25, 0.3) is 0 Å². The Morgan fingerprint density at radius 1 is 0.706 bits per heavy atom. The third-order valence-electron chi connectivity index (χ3n) is 0. The summed E-state index contributed by atoms with van der Waals surface area (Å²) in [5.41, 5.74) is 0. The molecular weight excluding hydrogens is 370 g/mol. The molecule has 0 aromatic heterocycles. The van der Waals surface area contributed by atoms with Crippen molar-refractivity contribution in [2.75, 3.05) is 0 Å². The Morgan fingerprint density at radius 3 is 0.706 bits per heavy atom. The van der Waals surface area contributed by atoms with E-state index in [0.29, 0.717) is 0 Å². The summed E-state index contributed by atoms with van der Waals surface area (Å²) in [5.74, 6) is 0. The van der Waals surface area contributed by atoms with Crippen LogP contribution < -0.4 is 29.4 Å². The maximum absolute atomic E-state index is 8.56. The Bertz CT molecular complexity index is 201. The molecule has 2 N–H and O–H groups in total. The zero-order valence-corrected chi connectivity index (χ0v) is 16.5. The summed E-state index contributed by atoms with van der Waals surface area (Å²) >= 11 is 0. The summed E-state index contributed by atoms with van der Waals surface area (Å²) in [4.78, 5) is 59.8. The monoisotopic (exact) mass is 372 g/mol. The molecule has 0 spiro atoms. The van der Waals surface area contributed by atoms with E-state index in [1.54, 1.807) is 0 Å².